The third-order valence-electron chi connectivity index (χ3n) is 4.09. The van der Waals surface area contributed by atoms with E-state index in [1.807, 2.05) is 46.9 Å². The molecule has 1 fully saturated rings. The Morgan fingerprint density at radius 3 is 2.83 bits per heavy atom. The number of aromatic nitrogens is 5. The van der Waals surface area contributed by atoms with E-state index in [0.29, 0.717) is 11.5 Å². The lowest BCUT2D eigenvalue weighted by molar-refractivity contribution is 0.102. The van der Waals surface area contributed by atoms with Crippen LogP contribution in [0.1, 0.15) is 23.2 Å². The Kier molecular flexibility index (Phi) is 3.25. The van der Waals surface area contributed by atoms with E-state index in [4.69, 9.17) is 0 Å². The van der Waals surface area contributed by atoms with Crippen molar-refractivity contribution in [1.82, 2.24) is 24.1 Å². The zero-order valence-corrected chi connectivity index (χ0v) is 12.9. The molecule has 1 aliphatic carbocycles. The molecule has 1 N–H and O–H groups in total. The minimum Gasteiger partial charge on any atom is -0.308 e. The fraction of sp³-hybridized carbons (Fsp3) is 0.312. The highest BCUT2D eigenvalue weighted by atomic mass is 16.1. The molecule has 4 rings (SSSR count). The number of hydrogen-bond acceptors (Lipinski definition) is 3. The summed E-state index contributed by atoms with van der Waals surface area (Å²) in [5, 5.41) is 11.5. The van der Waals surface area contributed by atoms with E-state index in [-0.39, 0.29) is 5.91 Å². The second-order valence-corrected chi connectivity index (χ2v) is 5.89. The van der Waals surface area contributed by atoms with Crippen LogP contribution in [0, 0.1) is 5.92 Å². The van der Waals surface area contributed by atoms with Gasteiger partial charge in [0.05, 0.1) is 12.4 Å². The van der Waals surface area contributed by atoms with Crippen LogP contribution in [0.3, 0.4) is 0 Å². The Hall–Kier alpha value is -2.83. The quantitative estimate of drug-likeness (QED) is 0.784. The van der Waals surface area contributed by atoms with Crippen LogP contribution in [0.15, 0.2) is 43.0 Å². The van der Waals surface area contributed by atoms with E-state index >= 15 is 0 Å². The van der Waals surface area contributed by atoms with Crippen LogP contribution < -0.4 is 5.32 Å². The first-order chi connectivity index (χ1) is 11.2. The average Bonchev–Trinajstić information content (AvgIpc) is 2.93. The summed E-state index contributed by atoms with van der Waals surface area (Å²) in [5.41, 5.74) is 0.530. The van der Waals surface area contributed by atoms with E-state index in [2.05, 4.69) is 15.5 Å². The number of carbonyl (C=O) groups is 1. The van der Waals surface area contributed by atoms with Gasteiger partial charge in [-0.2, -0.15) is 10.2 Å². The maximum absolute atomic E-state index is 12.7. The number of amides is 1. The van der Waals surface area contributed by atoms with Crippen LogP contribution in [0.4, 0.5) is 5.82 Å². The predicted octanol–water partition coefficient (Wildman–Crippen LogP) is 2.07. The first kappa shape index (κ1) is 13.8. The summed E-state index contributed by atoms with van der Waals surface area (Å²) in [4.78, 5) is 12.7. The van der Waals surface area contributed by atoms with Gasteiger partial charge in [0.25, 0.3) is 5.91 Å². The van der Waals surface area contributed by atoms with Gasteiger partial charge in [0.15, 0.2) is 0 Å². The highest BCUT2D eigenvalue weighted by molar-refractivity contribution is 6.05. The van der Waals surface area contributed by atoms with E-state index in [9.17, 15) is 4.79 Å². The molecular formula is C16H18N6O. The summed E-state index contributed by atoms with van der Waals surface area (Å²) in [5.74, 6) is 1.98. The van der Waals surface area contributed by atoms with Gasteiger partial charge in [0, 0.05) is 32.1 Å². The number of aryl methyl sites for hydroxylation is 1. The van der Waals surface area contributed by atoms with E-state index in [1.165, 1.54) is 12.8 Å². The molecule has 0 aromatic carbocycles. The molecule has 0 saturated heterocycles. The summed E-state index contributed by atoms with van der Waals surface area (Å²) in [6.07, 6.45) is 9.58. The van der Waals surface area contributed by atoms with Gasteiger partial charge < -0.3 is 9.88 Å². The van der Waals surface area contributed by atoms with Crippen molar-refractivity contribution in [2.24, 2.45) is 13.0 Å². The first-order valence-corrected chi connectivity index (χ1v) is 7.71. The smallest absolute Gasteiger partial charge is 0.262 e. The second kappa shape index (κ2) is 5.42. The van der Waals surface area contributed by atoms with Crippen molar-refractivity contribution in [2.75, 3.05) is 5.32 Å². The van der Waals surface area contributed by atoms with Gasteiger partial charge in [-0.15, -0.1) is 0 Å². The van der Waals surface area contributed by atoms with Crippen molar-refractivity contribution in [3.05, 3.63) is 48.5 Å². The molecule has 1 saturated carbocycles. The summed E-state index contributed by atoms with van der Waals surface area (Å²) in [6, 6.07) is 5.66. The molecule has 0 radical (unpaired) electrons. The SMILES string of the molecule is Cn1ncc(C(=O)Nc2ccnn2CC2CC2)c1-n1cccc1. The maximum Gasteiger partial charge on any atom is 0.262 e. The maximum atomic E-state index is 12.7. The Morgan fingerprint density at radius 2 is 2.09 bits per heavy atom. The minimum absolute atomic E-state index is 0.181. The fourth-order valence-corrected chi connectivity index (χ4v) is 2.69. The first-order valence-electron chi connectivity index (χ1n) is 7.71. The largest absolute Gasteiger partial charge is 0.308 e. The van der Waals surface area contributed by atoms with Crippen LogP contribution in [0.25, 0.3) is 5.82 Å². The summed E-state index contributed by atoms with van der Waals surface area (Å²) >= 11 is 0. The van der Waals surface area contributed by atoms with Gasteiger partial charge in [-0.05, 0) is 30.9 Å². The summed E-state index contributed by atoms with van der Waals surface area (Å²) in [6.45, 7) is 0.861. The third kappa shape index (κ3) is 2.65. The molecule has 3 heterocycles. The van der Waals surface area contributed by atoms with Gasteiger partial charge in [-0.1, -0.05) is 0 Å². The molecule has 7 heteroatoms. The zero-order valence-electron chi connectivity index (χ0n) is 12.9. The molecule has 0 unspecified atom stereocenters. The molecule has 3 aromatic rings. The topological polar surface area (TPSA) is 69.7 Å². The molecule has 3 aromatic heterocycles. The molecule has 1 amide bonds. The van der Waals surface area contributed by atoms with Crippen molar-refractivity contribution in [2.45, 2.75) is 19.4 Å². The fourth-order valence-electron chi connectivity index (χ4n) is 2.69. The van der Waals surface area contributed by atoms with Crippen molar-refractivity contribution in [3.8, 4) is 5.82 Å². The van der Waals surface area contributed by atoms with Gasteiger partial charge >= 0.3 is 0 Å². The van der Waals surface area contributed by atoms with Crippen molar-refractivity contribution >= 4 is 11.7 Å². The number of rotatable bonds is 5. The monoisotopic (exact) mass is 310 g/mol. The highest BCUT2D eigenvalue weighted by Gasteiger charge is 2.24. The van der Waals surface area contributed by atoms with Gasteiger partial charge in [-0.25, -0.2) is 4.68 Å². The second-order valence-electron chi connectivity index (χ2n) is 5.89. The molecule has 0 atom stereocenters. The van der Waals surface area contributed by atoms with Crippen LogP contribution in [-0.4, -0.2) is 30.0 Å². The Balaban J connectivity index is 1.59. The van der Waals surface area contributed by atoms with Crippen LogP contribution >= 0.6 is 0 Å². The van der Waals surface area contributed by atoms with E-state index in [0.717, 1.165) is 18.2 Å². The number of nitrogens with one attached hydrogen (secondary N) is 1. The summed E-state index contributed by atoms with van der Waals surface area (Å²) in [7, 11) is 1.82. The lowest BCUT2D eigenvalue weighted by Crippen LogP contribution is -2.18. The third-order valence-corrected chi connectivity index (χ3v) is 4.09. The van der Waals surface area contributed by atoms with E-state index in [1.54, 1.807) is 17.1 Å². The molecule has 7 nitrogen and oxygen atoms in total. The van der Waals surface area contributed by atoms with Crippen LogP contribution in [0.2, 0.25) is 0 Å². The molecule has 23 heavy (non-hydrogen) atoms. The number of anilines is 1. The van der Waals surface area contributed by atoms with Gasteiger partial charge in [0.1, 0.15) is 17.2 Å². The van der Waals surface area contributed by atoms with Crippen LogP contribution in [0.5, 0.6) is 0 Å². The van der Waals surface area contributed by atoms with Crippen molar-refractivity contribution < 1.29 is 4.79 Å². The number of hydrogen-bond donors (Lipinski definition) is 1. The van der Waals surface area contributed by atoms with Gasteiger partial charge in [-0.3, -0.25) is 9.48 Å². The minimum atomic E-state index is -0.181. The summed E-state index contributed by atoms with van der Waals surface area (Å²) < 4.78 is 5.43. The molecule has 0 spiro atoms. The Morgan fingerprint density at radius 1 is 1.30 bits per heavy atom. The van der Waals surface area contributed by atoms with Gasteiger partial charge in [0.2, 0.25) is 0 Å². The van der Waals surface area contributed by atoms with Crippen LogP contribution in [-0.2, 0) is 13.6 Å². The predicted molar refractivity (Wildman–Crippen MR) is 85.4 cm³/mol. The normalized spacial score (nSPS) is 14.1. The number of carbonyl (C=O) groups excluding carboxylic acids is 1. The lowest BCUT2D eigenvalue weighted by Gasteiger charge is -2.10. The highest BCUT2D eigenvalue weighted by Crippen LogP contribution is 2.31. The molecular weight excluding hydrogens is 292 g/mol. The Bertz CT molecular complexity index is 825. The molecule has 0 aliphatic heterocycles. The molecule has 1 aliphatic rings. The molecule has 0 bridgehead atoms. The van der Waals surface area contributed by atoms with Crippen molar-refractivity contribution in [3.63, 3.8) is 0 Å². The Labute approximate surface area is 133 Å². The average molecular weight is 310 g/mol. The standard InChI is InChI=1S/C16H18N6O/c1-20-16(21-8-2-3-9-21)13(10-18-20)15(23)19-14-6-7-17-22(14)11-12-4-5-12/h2-3,6-10,12H,4-5,11H2,1H3,(H,19,23). The number of nitrogens with zero attached hydrogens (tertiary/aromatic N) is 5. The zero-order chi connectivity index (χ0) is 15.8. The molecule has 118 valence electrons. The van der Waals surface area contributed by atoms with Crippen molar-refractivity contribution in [1.29, 1.82) is 0 Å². The lowest BCUT2D eigenvalue weighted by atomic mass is 10.3. The van der Waals surface area contributed by atoms with E-state index < -0.39 is 0 Å².